The van der Waals surface area contributed by atoms with Gasteiger partial charge in [0.05, 0.1) is 34.2 Å². The van der Waals surface area contributed by atoms with Crippen molar-refractivity contribution < 1.29 is 27.4 Å². The van der Waals surface area contributed by atoms with E-state index in [0.29, 0.717) is 29.4 Å². The van der Waals surface area contributed by atoms with Crippen molar-refractivity contribution >= 4 is 15.8 Å². The molecule has 44 heavy (non-hydrogen) atoms. The van der Waals surface area contributed by atoms with E-state index in [9.17, 15) is 8.42 Å². The van der Waals surface area contributed by atoms with Gasteiger partial charge in [-0.1, -0.05) is 18.2 Å². The number of methoxy groups -OCH3 is 4. The lowest BCUT2D eigenvalue weighted by molar-refractivity contribution is 0.128. The highest BCUT2D eigenvalue weighted by molar-refractivity contribution is 7.89. The van der Waals surface area contributed by atoms with Gasteiger partial charge < -0.3 is 23.8 Å². The Bertz CT molecular complexity index is 1430. The van der Waals surface area contributed by atoms with Crippen molar-refractivity contribution in [1.29, 1.82) is 0 Å². The van der Waals surface area contributed by atoms with Crippen LogP contribution in [0.1, 0.15) is 37.5 Å². The van der Waals surface area contributed by atoms with Gasteiger partial charge in [-0.25, -0.2) is 13.4 Å². The third-order valence-corrected chi connectivity index (χ3v) is 9.85. The normalized spacial score (nSPS) is 14.5. The van der Waals surface area contributed by atoms with Crippen molar-refractivity contribution in [1.82, 2.24) is 14.2 Å². The van der Waals surface area contributed by atoms with E-state index in [4.69, 9.17) is 23.9 Å². The van der Waals surface area contributed by atoms with Gasteiger partial charge >= 0.3 is 0 Å². The van der Waals surface area contributed by atoms with Crippen LogP contribution in [-0.2, 0) is 29.5 Å². The summed E-state index contributed by atoms with van der Waals surface area (Å²) in [6, 6.07) is 14.7. The van der Waals surface area contributed by atoms with Gasteiger partial charge in [-0.3, -0.25) is 4.90 Å². The highest BCUT2D eigenvalue weighted by Crippen LogP contribution is 2.30. The summed E-state index contributed by atoms with van der Waals surface area (Å²) in [7, 11) is 2.55. The lowest BCUT2D eigenvalue weighted by atomic mass is 10.0. The first-order chi connectivity index (χ1) is 21.0. The highest BCUT2D eigenvalue weighted by Gasteiger charge is 2.27. The van der Waals surface area contributed by atoms with Crippen LogP contribution in [0.5, 0.6) is 23.0 Å². The molecule has 0 atom stereocenters. The largest absolute Gasteiger partial charge is 0.497 e. The predicted molar refractivity (Wildman–Crippen MR) is 174 cm³/mol. The molecule has 0 aliphatic carbocycles. The molecule has 1 aromatic heterocycles. The van der Waals surface area contributed by atoms with Gasteiger partial charge in [0.1, 0.15) is 28.8 Å². The number of hydrogen-bond acceptors (Lipinski definition) is 9. The molecule has 2 heterocycles. The second-order valence-corrected chi connectivity index (χ2v) is 13.9. The zero-order valence-electron chi connectivity index (χ0n) is 27.0. The number of pyridine rings is 1. The number of hydrogen-bond donors (Lipinski definition) is 0. The molecule has 0 spiro atoms. The number of nitrogens with zero attached hydrogens (tertiary/aromatic N) is 4. The van der Waals surface area contributed by atoms with Crippen molar-refractivity contribution in [2.75, 3.05) is 65.3 Å². The zero-order chi connectivity index (χ0) is 31.9. The van der Waals surface area contributed by atoms with E-state index in [0.717, 1.165) is 48.7 Å². The monoisotopic (exact) mass is 626 g/mol. The molecule has 0 unspecified atom stereocenters. The Morgan fingerprint density at radius 3 is 1.75 bits per heavy atom. The summed E-state index contributed by atoms with van der Waals surface area (Å²) in [5.74, 6) is 3.20. The first-order valence-electron chi connectivity index (χ1n) is 14.8. The third kappa shape index (κ3) is 8.34. The van der Waals surface area contributed by atoms with Crippen LogP contribution in [0.25, 0.3) is 0 Å². The number of piperazine rings is 1. The highest BCUT2D eigenvalue weighted by atomic mass is 32.2. The van der Waals surface area contributed by atoms with Crippen LogP contribution in [0.4, 0.5) is 5.82 Å². The van der Waals surface area contributed by atoms with Gasteiger partial charge in [0.25, 0.3) is 0 Å². The first kappa shape index (κ1) is 33.4. The molecule has 0 N–H and O–H groups in total. The third-order valence-electron chi connectivity index (χ3n) is 8.09. The SMILES string of the molecule is COc1ccc(CN(Cc2ccc(OC)cc2OC)S(=O)(=O)CCc2ccc(N3CCN(C(C)(C)C)CC3)nc2)c(OC)c1. The minimum atomic E-state index is -3.73. The molecule has 0 amide bonds. The fourth-order valence-corrected chi connectivity index (χ4v) is 6.75. The summed E-state index contributed by atoms with van der Waals surface area (Å²) in [6.07, 6.45) is 2.13. The van der Waals surface area contributed by atoms with Crippen LogP contribution >= 0.6 is 0 Å². The molecule has 1 saturated heterocycles. The number of ether oxygens (including phenoxy) is 4. The summed E-state index contributed by atoms with van der Waals surface area (Å²) in [5, 5.41) is 0. The van der Waals surface area contributed by atoms with Gasteiger partial charge in [0.15, 0.2) is 0 Å². The van der Waals surface area contributed by atoms with Crippen molar-refractivity contribution in [3.05, 3.63) is 71.4 Å². The minimum absolute atomic E-state index is 0.0742. The van der Waals surface area contributed by atoms with Crippen LogP contribution in [0.3, 0.4) is 0 Å². The zero-order valence-corrected chi connectivity index (χ0v) is 27.8. The molecule has 10 nitrogen and oxygen atoms in total. The molecule has 2 aromatic carbocycles. The van der Waals surface area contributed by atoms with Crippen LogP contribution in [0.2, 0.25) is 0 Å². The number of rotatable bonds is 13. The molecule has 4 rings (SSSR count). The maximum Gasteiger partial charge on any atom is 0.215 e. The van der Waals surface area contributed by atoms with Crippen LogP contribution < -0.4 is 23.8 Å². The number of aromatic nitrogens is 1. The van der Waals surface area contributed by atoms with Crippen LogP contribution in [0.15, 0.2) is 54.7 Å². The van der Waals surface area contributed by atoms with Crippen LogP contribution in [0, 0.1) is 0 Å². The number of anilines is 1. The number of benzene rings is 2. The number of aryl methyl sites for hydroxylation is 1. The molecular formula is C33H46N4O6S. The molecular weight excluding hydrogens is 580 g/mol. The van der Waals surface area contributed by atoms with E-state index in [2.05, 4.69) is 30.6 Å². The van der Waals surface area contributed by atoms with Crippen molar-refractivity contribution in [3.8, 4) is 23.0 Å². The lowest BCUT2D eigenvalue weighted by Crippen LogP contribution is -2.53. The first-order valence-corrected chi connectivity index (χ1v) is 16.4. The second kappa shape index (κ2) is 14.5. The van der Waals surface area contributed by atoms with Gasteiger partial charge in [-0.2, -0.15) is 4.31 Å². The van der Waals surface area contributed by atoms with Crippen molar-refractivity contribution in [3.63, 3.8) is 0 Å². The summed E-state index contributed by atoms with van der Waals surface area (Å²) in [5.41, 5.74) is 2.47. The second-order valence-electron chi connectivity index (χ2n) is 11.9. The fraction of sp³-hybridized carbons (Fsp3) is 0.485. The van der Waals surface area contributed by atoms with Crippen molar-refractivity contribution in [2.45, 2.75) is 45.8 Å². The molecule has 0 radical (unpaired) electrons. The van der Waals surface area contributed by atoms with E-state index >= 15 is 0 Å². The van der Waals surface area contributed by atoms with Crippen LogP contribution in [-0.4, -0.2) is 88.5 Å². The van der Waals surface area contributed by atoms with Crippen molar-refractivity contribution in [2.24, 2.45) is 0 Å². The van der Waals surface area contributed by atoms with Gasteiger partial charge in [0.2, 0.25) is 10.0 Å². The van der Waals surface area contributed by atoms with E-state index in [1.807, 2.05) is 24.3 Å². The minimum Gasteiger partial charge on any atom is -0.497 e. The smallest absolute Gasteiger partial charge is 0.215 e. The Morgan fingerprint density at radius 2 is 1.32 bits per heavy atom. The average molecular weight is 627 g/mol. The predicted octanol–water partition coefficient (Wildman–Crippen LogP) is 4.61. The summed E-state index contributed by atoms with van der Waals surface area (Å²) < 4.78 is 51.2. The molecule has 3 aromatic rings. The van der Waals surface area contributed by atoms with Gasteiger partial charge in [-0.05, 0) is 51.0 Å². The maximum absolute atomic E-state index is 13.9. The fourth-order valence-electron chi connectivity index (χ4n) is 5.33. The molecule has 0 bridgehead atoms. The standard InChI is InChI=1S/C33H46N4O6S/c1-33(2,3)36-17-15-35(16-18-36)32-13-8-25(22-34-32)14-19-44(38,39)37(23-26-9-11-28(40-4)20-30(26)42-6)24-27-10-12-29(41-5)21-31(27)43-7/h8-13,20-22H,14-19,23-24H2,1-7H3. The molecule has 11 heteroatoms. The Kier molecular flexibility index (Phi) is 11.0. The molecule has 0 saturated carbocycles. The Hall–Kier alpha value is -3.54. The summed E-state index contributed by atoms with van der Waals surface area (Å²) in [4.78, 5) is 9.46. The maximum atomic E-state index is 13.9. The average Bonchev–Trinajstić information content (AvgIpc) is 3.03. The van der Waals surface area contributed by atoms with Gasteiger partial charge in [0, 0.05) is 74.3 Å². The van der Waals surface area contributed by atoms with E-state index < -0.39 is 10.0 Å². The quantitative estimate of drug-likeness (QED) is 0.270. The Morgan fingerprint density at radius 1 is 0.773 bits per heavy atom. The van der Waals surface area contributed by atoms with E-state index in [-0.39, 0.29) is 24.4 Å². The molecule has 1 fully saturated rings. The molecule has 240 valence electrons. The molecule has 1 aliphatic rings. The summed E-state index contributed by atoms with van der Waals surface area (Å²) in [6.45, 7) is 10.7. The Balaban J connectivity index is 1.51. The van der Waals surface area contributed by atoms with Gasteiger partial charge in [-0.15, -0.1) is 0 Å². The summed E-state index contributed by atoms with van der Waals surface area (Å²) >= 11 is 0. The molecule has 1 aliphatic heterocycles. The number of sulfonamides is 1. The lowest BCUT2D eigenvalue weighted by Gasteiger charge is -2.42. The van der Waals surface area contributed by atoms with E-state index in [1.54, 1.807) is 58.9 Å². The topological polar surface area (TPSA) is 93.7 Å². The Labute approximate surface area is 262 Å². The van der Waals surface area contributed by atoms with E-state index in [1.165, 1.54) is 4.31 Å².